The number of hydrogen-bond donors (Lipinski definition) is 2. The minimum atomic E-state index is 0.0399. The first kappa shape index (κ1) is 11.6. The Morgan fingerprint density at radius 1 is 1.33 bits per heavy atom. The van der Waals surface area contributed by atoms with Crippen molar-refractivity contribution in [3.63, 3.8) is 0 Å². The summed E-state index contributed by atoms with van der Waals surface area (Å²) >= 11 is 0. The number of phenolic OH excluding ortho intramolecular Hbond substituents is 1. The van der Waals surface area contributed by atoms with Crippen LogP contribution in [0.4, 0.5) is 0 Å². The Labute approximate surface area is 90.1 Å². The van der Waals surface area contributed by atoms with Gasteiger partial charge in [0.05, 0.1) is 6.04 Å². The quantitative estimate of drug-likeness (QED) is 0.796. The molecule has 0 aliphatic rings. The van der Waals surface area contributed by atoms with Gasteiger partial charge in [0.25, 0.3) is 0 Å². The van der Waals surface area contributed by atoms with E-state index in [9.17, 15) is 4.79 Å². The molecule has 2 N–H and O–H groups in total. The summed E-state index contributed by atoms with van der Waals surface area (Å²) in [7, 11) is 0. The zero-order valence-corrected chi connectivity index (χ0v) is 9.16. The van der Waals surface area contributed by atoms with Crippen molar-refractivity contribution in [1.29, 1.82) is 0 Å². The smallest absolute Gasteiger partial charge is 0.220 e. The molecule has 0 aliphatic heterocycles. The number of hydrogen-bond acceptors (Lipinski definition) is 2. The molecule has 1 rings (SSSR count). The summed E-state index contributed by atoms with van der Waals surface area (Å²) in [6.45, 7) is 3.85. The van der Waals surface area contributed by atoms with Gasteiger partial charge in [0.1, 0.15) is 5.75 Å². The van der Waals surface area contributed by atoms with Crippen LogP contribution in [0.3, 0.4) is 0 Å². The van der Waals surface area contributed by atoms with E-state index in [4.69, 9.17) is 5.11 Å². The number of carbonyl (C=O) groups is 1. The van der Waals surface area contributed by atoms with Crippen LogP contribution in [0.1, 0.15) is 38.3 Å². The molecule has 0 heterocycles. The molecule has 3 heteroatoms. The SMILES string of the molecule is CCC(=O)NC(CC)c1ccc(O)cc1. The third kappa shape index (κ3) is 3.27. The summed E-state index contributed by atoms with van der Waals surface area (Å²) in [6, 6.07) is 6.98. The summed E-state index contributed by atoms with van der Waals surface area (Å²) in [5, 5.41) is 12.1. The standard InChI is InChI=1S/C12H17NO2/c1-3-11(13-12(15)4-2)9-5-7-10(14)8-6-9/h5-8,11,14H,3-4H2,1-2H3,(H,13,15). The normalized spacial score (nSPS) is 12.1. The predicted octanol–water partition coefficient (Wildman–Crippen LogP) is 2.37. The van der Waals surface area contributed by atoms with Gasteiger partial charge in [-0.2, -0.15) is 0 Å². The van der Waals surface area contributed by atoms with Crippen molar-refractivity contribution in [2.45, 2.75) is 32.7 Å². The second kappa shape index (κ2) is 5.39. The van der Waals surface area contributed by atoms with Crippen LogP contribution >= 0.6 is 0 Å². The van der Waals surface area contributed by atoms with Crippen molar-refractivity contribution in [2.75, 3.05) is 0 Å². The van der Waals surface area contributed by atoms with Gasteiger partial charge in [-0.05, 0) is 24.1 Å². The van der Waals surface area contributed by atoms with E-state index in [1.807, 2.05) is 26.0 Å². The molecule has 0 saturated carbocycles. The molecule has 1 aromatic carbocycles. The van der Waals surface area contributed by atoms with E-state index in [1.54, 1.807) is 12.1 Å². The summed E-state index contributed by atoms with van der Waals surface area (Å²) in [5.74, 6) is 0.297. The Hall–Kier alpha value is -1.51. The van der Waals surface area contributed by atoms with Gasteiger partial charge in [0, 0.05) is 6.42 Å². The molecule has 0 bridgehead atoms. The zero-order valence-electron chi connectivity index (χ0n) is 9.16. The number of rotatable bonds is 4. The van der Waals surface area contributed by atoms with Crippen LogP contribution in [0.2, 0.25) is 0 Å². The van der Waals surface area contributed by atoms with E-state index in [0.717, 1.165) is 12.0 Å². The number of phenols is 1. The van der Waals surface area contributed by atoms with Crippen LogP contribution in [0, 0.1) is 0 Å². The van der Waals surface area contributed by atoms with Crippen molar-refractivity contribution in [3.05, 3.63) is 29.8 Å². The molecule has 1 amide bonds. The lowest BCUT2D eigenvalue weighted by Gasteiger charge is -2.16. The Kier molecular flexibility index (Phi) is 4.16. The fraction of sp³-hybridized carbons (Fsp3) is 0.417. The van der Waals surface area contributed by atoms with Gasteiger partial charge >= 0.3 is 0 Å². The maximum absolute atomic E-state index is 11.3. The minimum Gasteiger partial charge on any atom is -0.508 e. The molecule has 0 fully saturated rings. The number of amides is 1. The maximum atomic E-state index is 11.3. The molecule has 0 saturated heterocycles. The van der Waals surface area contributed by atoms with Gasteiger partial charge in [0.15, 0.2) is 0 Å². The second-order valence-electron chi connectivity index (χ2n) is 3.47. The van der Waals surface area contributed by atoms with Crippen LogP contribution < -0.4 is 5.32 Å². The van der Waals surface area contributed by atoms with Gasteiger partial charge in [0.2, 0.25) is 5.91 Å². The summed E-state index contributed by atoms with van der Waals surface area (Å²) in [4.78, 5) is 11.3. The summed E-state index contributed by atoms with van der Waals surface area (Å²) < 4.78 is 0. The predicted molar refractivity (Wildman–Crippen MR) is 59.6 cm³/mol. The van der Waals surface area contributed by atoms with Crippen LogP contribution in [0.15, 0.2) is 24.3 Å². The van der Waals surface area contributed by atoms with Crippen LogP contribution in [-0.2, 0) is 4.79 Å². The van der Waals surface area contributed by atoms with E-state index < -0.39 is 0 Å². The fourth-order valence-electron chi connectivity index (χ4n) is 1.42. The van der Waals surface area contributed by atoms with E-state index in [1.165, 1.54) is 0 Å². The highest BCUT2D eigenvalue weighted by atomic mass is 16.3. The summed E-state index contributed by atoms with van der Waals surface area (Å²) in [5.41, 5.74) is 1.03. The molecular formula is C12H17NO2. The second-order valence-corrected chi connectivity index (χ2v) is 3.47. The molecule has 82 valence electrons. The highest BCUT2D eigenvalue weighted by Gasteiger charge is 2.10. The zero-order chi connectivity index (χ0) is 11.3. The van der Waals surface area contributed by atoms with Gasteiger partial charge in [-0.3, -0.25) is 4.79 Å². The average Bonchev–Trinajstić information content (AvgIpc) is 2.27. The Bertz CT molecular complexity index is 319. The monoisotopic (exact) mass is 207 g/mol. The fourth-order valence-corrected chi connectivity index (χ4v) is 1.42. The molecule has 1 unspecified atom stereocenters. The first-order chi connectivity index (χ1) is 7.17. The topological polar surface area (TPSA) is 49.3 Å². The molecular weight excluding hydrogens is 190 g/mol. The van der Waals surface area contributed by atoms with E-state index >= 15 is 0 Å². The molecule has 15 heavy (non-hydrogen) atoms. The van der Waals surface area contributed by atoms with Gasteiger partial charge in [-0.1, -0.05) is 26.0 Å². The molecule has 0 aliphatic carbocycles. The van der Waals surface area contributed by atoms with Crippen LogP contribution in [-0.4, -0.2) is 11.0 Å². The third-order valence-electron chi connectivity index (χ3n) is 2.36. The first-order valence-electron chi connectivity index (χ1n) is 5.25. The number of nitrogens with one attached hydrogen (secondary N) is 1. The minimum absolute atomic E-state index is 0.0399. The lowest BCUT2D eigenvalue weighted by molar-refractivity contribution is -0.121. The van der Waals surface area contributed by atoms with Crippen molar-refractivity contribution in [1.82, 2.24) is 5.32 Å². The molecule has 0 radical (unpaired) electrons. The van der Waals surface area contributed by atoms with Crippen molar-refractivity contribution in [2.24, 2.45) is 0 Å². The third-order valence-corrected chi connectivity index (χ3v) is 2.36. The van der Waals surface area contributed by atoms with E-state index in [0.29, 0.717) is 6.42 Å². The molecule has 3 nitrogen and oxygen atoms in total. The Morgan fingerprint density at radius 2 is 1.93 bits per heavy atom. The van der Waals surface area contributed by atoms with Crippen molar-refractivity contribution >= 4 is 5.91 Å². The lowest BCUT2D eigenvalue weighted by Crippen LogP contribution is -2.27. The number of benzene rings is 1. The van der Waals surface area contributed by atoms with Crippen LogP contribution in [0.5, 0.6) is 5.75 Å². The highest BCUT2D eigenvalue weighted by molar-refractivity contribution is 5.76. The first-order valence-corrected chi connectivity index (χ1v) is 5.25. The largest absolute Gasteiger partial charge is 0.508 e. The van der Waals surface area contributed by atoms with Crippen LogP contribution in [0.25, 0.3) is 0 Å². The highest BCUT2D eigenvalue weighted by Crippen LogP contribution is 2.19. The molecule has 1 atom stereocenters. The van der Waals surface area contributed by atoms with Gasteiger partial charge < -0.3 is 10.4 Å². The Morgan fingerprint density at radius 3 is 2.40 bits per heavy atom. The van der Waals surface area contributed by atoms with E-state index in [2.05, 4.69) is 5.32 Å². The van der Waals surface area contributed by atoms with Crippen molar-refractivity contribution in [3.8, 4) is 5.75 Å². The average molecular weight is 207 g/mol. The van der Waals surface area contributed by atoms with E-state index in [-0.39, 0.29) is 17.7 Å². The number of carbonyl (C=O) groups excluding carboxylic acids is 1. The Balaban J connectivity index is 2.74. The molecule has 0 aromatic heterocycles. The lowest BCUT2D eigenvalue weighted by atomic mass is 10.0. The maximum Gasteiger partial charge on any atom is 0.220 e. The summed E-state index contributed by atoms with van der Waals surface area (Å²) in [6.07, 6.45) is 1.34. The molecule has 1 aromatic rings. The van der Waals surface area contributed by atoms with Crippen molar-refractivity contribution < 1.29 is 9.90 Å². The molecule has 0 spiro atoms. The van der Waals surface area contributed by atoms with Gasteiger partial charge in [-0.15, -0.1) is 0 Å². The van der Waals surface area contributed by atoms with Gasteiger partial charge in [-0.25, -0.2) is 0 Å². The number of aromatic hydroxyl groups is 1.